The van der Waals surface area contributed by atoms with Crippen molar-refractivity contribution in [2.75, 3.05) is 7.05 Å². The molecule has 1 rings (SSSR count). The minimum Gasteiger partial charge on any atom is -0.313 e. The van der Waals surface area contributed by atoms with E-state index >= 15 is 0 Å². The van der Waals surface area contributed by atoms with Crippen LogP contribution in [0, 0.1) is 12.8 Å². The van der Waals surface area contributed by atoms with Crippen LogP contribution in [0.15, 0.2) is 22.7 Å². The molecule has 2 unspecified atom stereocenters. The number of halogens is 1. The normalized spacial score (nSPS) is 14.8. The highest BCUT2D eigenvalue weighted by molar-refractivity contribution is 9.10. The van der Waals surface area contributed by atoms with E-state index < -0.39 is 0 Å². The van der Waals surface area contributed by atoms with E-state index in [2.05, 4.69) is 67.3 Å². The van der Waals surface area contributed by atoms with E-state index in [4.69, 9.17) is 0 Å². The molecule has 16 heavy (non-hydrogen) atoms. The molecule has 0 radical (unpaired) electrons. The predicted octanol–water partition coefficient (Wildman–Crippen LogP) is 4.45. The van der Waals surface area contributed by atoms with Crippen molar-refractivity contribution in [2.45, 2.75) is 39.7 Å². The summed E-state index contributed by atoms with van der Waals surface area (Å²) in [5, 5.41) is 3.45. The minimum atomic E-state index is 0.466. The van der Waals surface area contributed by atoms with E-state index in [9.17, 15) is 0 Å². The van der Waals surface area contributed by atoms with Gasteiger partial charge in [0, 0.05) is 10.5 Å². The smallest absolute Gasteiger partial charge is 0.0346 e. The Labute approximate surface area is 108 Å². The second kappa shape index (κ2) is 6.41. The third-order valence-corrected chi connectivity index (χ3v) is 3.68. The molecule has 1 nitrogen and oxygen atoms in total. The number of hydrogen-bond acceptors (Lipinski definition) is 1. The lowest BCUT2D eigenvalue weighted by atomic mass is 9.89. The van der Waals surface area contributed by atoms with Gasteiger partial charge in [-0.05, 0) is 49.6 Å². The molecule has 0 amide bonds. The van der Waals surface area contributed by atoms with Crippen LogP contribution in [-0.2, 0) is 0 Å². The third-order valence-electron chi connectivity index (χ3n) is 3.19. The summed E-state index contributed by atoms with van der Waals surface area (Å²) < 4.78 is 1.16. The number of aryl methyl sites for hydroxylation is 1. The van der Waals surface area contributed by atoms with Crippen molar-refractivity contribution in [3.63, 3.8) is 0 Å². The van der Waals surface area contributed by atoms with Crippen LogP contribution in [0.5, 0.6) is 0 Å². The minimum absolute atomic E-state index is 0.466. The summed E-state index contributed by atoms with van der Waals surface area (Å²) in [6, 6.07) is 7.02. The van der Waals surface area contributed by atoms with Crippen LogP contribution in [0.1, 0.15) is 43.9 Å². The highest BCUT2D eigenvalue weighted by Crippen LogP contribution is 2.29. The van der Waals surface area contributed by atoms with Crippen LogP contribution in [0.4, 0.5) is 0 Å². The third kappa shape index (κ3) is 3.33. The van der Waals surface area contributed by atoms with Gasteiger partial charge in [-0.1, -0.05) is 42.3 Å². The molecule has 0 spiro atoms. The number of rotatable bonds is 5. The maximum Gasteiger partial charge on any atom is 0.0346 e. The fourth-order valence-corrected chi connectivity index (χ4v) is 2.83. The lowest BCUT2D eigenvalue weighted by Gasteiger charge is -2.25. The first-order valence-electron chi connectivity index (χ1n) is 6.03. The fraction of sp³-hybridized carbons (Fsp3) is 0.571. The first-order chi connectivity index (χ1) is 7.60. The molecule has 1 aromatic rings. The van der Waals surface area contributed by atoms with Crippen molar-refractivity contribution < 1.29 is 0 Å². The molecule has 90 valence electrons. The summed E-state index contributed by atoms with van der Waals surface area (Å²) in [7, 11) is 2.05. The number of hydrogen-bond donors (Lipinski definition) is 1. The topological polar surface area (TPSA) is 12.0 Å². The van der Waals surface area contributed by atoms with Crippen LogP contribution in [-0.4, -0.2) is 7.05 Å². The average molecular weight is 284 g/mol. The van der Waals surface area contributed by atoms with E-state index in [-0.39, 0.29) is 0 Å². The van der Waals surface area contributed by atoms with Gasteiger partial charge in [0.15, 0.2) is 0 Å². The Morgan fingerprint density at radius 2 is 2.06 bits per heavy atom. The number of nitrogens with one attached hydrogen (secondary N) is 1. The van der Waals surface area contributed by atoms with Crippen molar-refractivity contribution in [2.24, 2.45) is 5.92 Å². The highest BCUT2D eigenvalue weighted by atomic mass is 79.9. The Hall–Kier alpha value is -0.340. The monoisotopic (exact) mass is 283 g/mol. The molecule has 0 heterocycles. The molecule has 1 aromatic carbocycles. The van der Waals surface area contributed by atoms with Crippen molar-refractivity contribution in [3.8, 4) is 0 Å². The second-order valence-corrected chi connectivity index (χ2v) is 5.45. The first-order valence-corrected chi connectivity index (χ1v) is 6.82. The largest absolute Gasteiger partial charge is 0.313 e. The summed E-state index contributed by atoms with van der Waals surface area (Å²) in [4.78, 5) is 0. The summed E-state index contributed by atoms with van der Waals surface area (Å²) in [5.74, 6) is 0.676. The molecule has 1 N–H and O–H groups in total. The van der Waals surface area contributed by atoms with Crippen molar-refractivity contribution in [1.29, 1.82) is 0 Å². The maximum atomic E-state index is 3.51. The Morgan fingerprint density at radius 3 is 2.56 bits per heavy atom. The second-order valence-electron chi connectivity index (χ2n) is 4.53. The molecule has 0 aliphatic heterocycles. The van der Waals surface area contributed by atoms with Crippen LogP contribution >= 0.6 is 15.9 Å². The highest BCUT2D eigenvalue weighted by Gasteiger charge is 2.18. The van der Waals surface area contributed by atoms with E-state index in [0.717, 1.165) is 4.47 Å². The lowest BCUT2D eigenvalue weighted by Crippen LogP contribution is -2.24. The van der Waals surface area contributed by atoms with E-state index in [1.54, 1.807) is 0 Å². The van der Waals surface area contributed by atoms with Gasteiger partial charge in [-0.15, -0.1) is 0 Å². The zero-order valence-corrected chi connectivity index (χ0v) is 12.3. The molecule has 0 saturated heterocycles. The average Bonchev–Trinajstić information content (AvgIpc) is 2.22. The molecule has 2 heteroatoms. The Kier molecular flexibility index (Phi) is 5.50. The Morgan fingerprint density at radius 1 is 1.38 bits per heavy atom. The standard InChI is InChI=1S/C14H22BrN/c1-5-6-10(2)14(16-4)13-8-7-12(15)9-11(13)3/h7-10,14,16H,5-6H2,1-4H3. The molecule has 0 bridgehead atoms. The van der Waals surface area contributed by atoms with Gasteiger partial charge in [-0.2, -0.15) is 0 Å². The van der Waals surface area contributed by atoms with Gasteiger partial charge in [0.25, 0.3) is 0 Å². The van der Waals surface area contributed by atoms with Gasteiger partial charge >= 0.3 is 0 Å². The summed E-state index contributed by atoms with van der Waals surface area (Å²) in [5.41, 5.74) is 2.78. The van der Waals surface area contributed by atoms with Gasteiger partial charge in [-0.25, -0.2) is 0 Å². The van der Waals surface area contributed by atoms with Gasteiger partial charge in [0.05, 0.1) is 0 Å². The molecule has 2 atom stereocenters. The van der Waals surface area contributed by atoms with Crippen molar-refractivity contribution in [1.82, 2.24) is 5.32 Å². The van der Waals surface area contributed by atoms with Crippen molar-refractivity contribution >= 4 is 15.9 Å². The van der Waals surface area contributed by atoms with Crippen LogP contribution in [0.2, 0.25) is 0 Å². The SMILES string of the molecule is CCCC(C)C(NC)c1ccc(Br)cc1C. The summed E-state index contributed by atoms with van der Waals surface area (Å²) in [6.45, 7) is 6.76. The van der Waals surface area contributed by atoms with E-state index in [0.29, 0.717) is 12.0 Å². The fourth-order valence-electron chi connectivity index (χ4n) is 2.36. The zero-order valence-electron chi connectivity index (χ0n) is 10.7. The molecule has 0 fully saturated rings. The molecule has 0 aliphatic rings. The molecule has 0 aromatic heterocycles. The van der Waals surface area contributed by atoms with Crippen LogP contribution in [0.3, 0.4) is 0 Å². The van der Waals surface area contributed by atoms with Crippen LogP contribution in [0.25, 0.3) is 0 Å². The molecular weight excluding hydrogens is 262 g/mol. The van der Waals surface area contributed by atoms with Gasteiger partial charge in [0.2, 0.25) is 0 Å². The number of benzene rings is 1. The molecule has 0 aliphatic carbocycles. The Balaban J connectivity index is 2.94. The molecule has 0 saturated carbocycles. The molecular formula is C14H22BrN. The Bertz CT molecular complexity index is 336. The lowest BCUT2D eigenvalue weighted by molar-refractivity contribution is 0.382. The summed E-state index contributed by atoms with van der Waals surface area (Å²) in [6.07, 6.45) is 2.51. The van der Waals surface area contributed by atoms with Gasteiger partial charge < -0.3 is 5.32 Å². The predicted molar refractivity (Wildman–Crippen MR) is 74.8 cm³/mol. The quantitative estimate of drug-likeness (QED) is 0.842. The summed E-state index contributed by atoms with van der Waals surface area (Å²) >= 11 is 3.51. The van der Waals surface area contributed by atoms with E-state index in [1.807, 2.05) is 0 Å². The maximum absolute atomic E-state index is 3.51. The van der Waals surface area contributed by atoms with E-state index in [1.165, 1.54) is 24.0 Å². The van der Waals surface area contributed by atoms with Crippen LogP contribution < -0.4 is 5.32 Å². The van der Waals surface area contributed by atoms with Crippen molar-refractivity contribution in [3.05, 3.63) is 33.8 Å². The van der Waals surface area contributed by atoms with Gasteiger partial charge in [0.1, 0.15) is 0 Å². The van der Waals surface area contributed by atoms with Gasteiger partial charge in [-0.3, -0.25) is 0 Å². The zero-order chi connectivity index (χ0) is 12.1. The first kappa shape index (κ1) is 13.7.